The van der Waals surface area contributed by atoms with Crippen LogP contribution in [-0.4, -0.2) is 53.5 Å². The second-order valence-electron chi connectivity index (χ2n) is 10.0. The molecule has 0 aromatic carbocycles. The van der Waals surface area contributed by atoms with E-state index in [4.69, 9.17) is 4.74 Å². The molecule has 1 aliphatic heterocycles. The number of piperidine rings is 1. The first-order chi connectivity index (χ1) is 12.7. The zero-order chi connectivity index (χ0) is 20.1. The van der Waals surface area contributed by atoms with Crippen LogP contribution >= 0.6 is 0 Å². The second kappa shape index (κ2) is 9.13. The van der Waals surface area contributed by atoms with Gasteiger partial charge in [0.05, 0.1) is 6.61 Å². The third-order valence-electron chi connectivity index (χ3n) is 6.67. The SMILES string of the molecule is CCCCCC(C)C1(CNC2(CO)CC2)CCN(C(=O)OC(C)(C)C)CC1. The first-order valence-corrected chi connectivity index (χ1v) is 11.0. The van der Waals surface area contributed by atoms with Crippen molar-refractivity contribution in [1.82, 2.24) is 10.2 Å². The van der Waals surface area contributed by atoms with Gasteiger partial charge in [-0.05, 0) is 57.8 Å². The Balaban J connectivity index is 1.98. The molecule has 1 amide bonds. The summed E-state index contributed by atoms with van der Waals surface area (Å²) in [6, 6.07) is 0. The van der Waals surface area contributed by atoms with Crippen molar-refractivity contribution in [2.75, 3.05) is 26.2 Å². The molecule has 0 aromatic heterocycles. The lowest BCUT2D eigenvalue weighted by Gasteiger charge is -2.46. The first-order valence-electron chi connectivity index (χ1n) is 11.0. The lowest BCUT2D eigenvalue weighted by atomic mass is 9.67. The van der Waals surface area contributed by atoms with E-state index in [9.17, 15) is 9.90 Å². The molecule has 5 nitrogen and oxygen atoms in total. The third-order valence-corrected chi connectivity index (χ3v) is 6.67. The number of nitrogens with one attached hydrogen (secondary N) is 1. The Kier molecular flexibility index (Phi) is 7.60. The van der Waals surface area contributed by atoms with Crippen LogP contribution in [0.2, 0.25) is 0 Å². The molecule has 1 saturated carbocycles. The number of rotatable bonds is 9. The minimum atomic E-state index is -0.444. The van der Waals surface area contributed by atoms with Crippen LogP contribution in [0.25, 0.3) is 0 Å². The largest absolute Gasteiger partial charge is 0.444 e. The molecule has 2 N–H and O–H groups in total. The summed E-state index contributed by atoms with van der Waals surface area (Å²) in [6.45, 7) is 13.1. The Morgan fingerprint density at radius 2 is 1.81 bits per heavy atom. The molecule has 1 saturated heterocycles. The van der Waals surface area contributed by atoms with E-state index in [1.807, 2.05) is 25.7 Å². The number of aliphatic hydroxyl groups is 1. The smallest absolute Gasteiger partial charge is 0.410 e. The van der Waals surface area contributed by atoms with E-state index in [1.54, 1.807) is 0 Å². The molecule has 2 rings (SSSR count). The standard InChI is InChI=1S/C22H42N2O3/c1-6-7-8-9-18(2)21(16-23-22(17-25)10-11-22)12-14-24(15-13-21)19(26)27-20(3,4)5/h18,23,25H,6-17H2,1-5H3. The molecule has 0 radical (unpaired) electrons. The van der Waals surface area contributed by atoms with E-state index in [0.29, 0.717) is 5.92 Å². The number of ether oxygens (including phenoxy) is 1. The molecule has 158 valence electrons. The van der Waals surface area contributed by atoms with E-state index in [2.05, 4.69) is 19.2 Å². The summed E-state index contributed by atoms with van der Waals surface area (Å²) in [5, 5.41) is 13.4. The Labute approximate surface area is 166 Å². The third kappa shape index (κ3) is 6.35. The minimum absolute atomic E-state index is 0.0293. The number of likely N-dealkylation sites (tertiary alicyclic amines) is 1. The lowest BCUT2D eigenvalue weighted by molar-refractivity contribution is -0.00142. The number of amides is 1. The highest BCUT2D eigenvalue weighted by Crippen LogP contribution is 2.43. The van der Waals surface area contributed by atoms with Crippen molar-refractivity contribution in [3.8, 4) is 0 Å². The summed E-state index contributed by atoms with van der Waals surface area (Å²) in [7, 11) is 0. The summed E-state index contributed by atoms with van der Waals surface area (Å²) in [5.74, 6) is 0.617. The topological polar surface area (TPSA) is 61.8 Å². The van der Waals surface area contributed by atoms with E-state index in [0.717, 1.165) is 45.3 Å². The van der Waals surface area contributed by atoms with Gasteiger partial charge in [-0.15, -0.1) is 0 Å². The maximum absolute atomic E-state index is 12.4. The molecule has 1 unspecified atom stereocenters. The molecule has 0 spiro atoms. The predicted octanol–water partition coefficient (Wildman–Crippen LogP) is 4.33. The molecular formula is C22H42N2O3. The molecule has 2 aliphatic rings. The fourth-order valence-electron chi connectivity index (χ4n) is 4.22. The molecule has 1 aliphatic carbocycles. The summed E-state index contributed by atoms with van der Waals surface area (Å²) in [4.78, 5) is 14.3. The van der Waals surface area contributed by atoms with Crippen LogP contribution in [0.1, 0.15) is 86.0 Å². The number of hydrogen-bond acceptors (Lipinski definition) is 4. The second-order valence-corrected chi connectivity index (χ2v) is 10.0. The monoisotopic (exact) mass is 382 g/mol. The van der Waals surface area contributed by atoms with Gasteiger partial charge in [0.1, 0.15) is 5.60 Å². The molecule has 5 heteroatoms. The lowest BCUT2D eigenvalue weighted by Crippen LogP contribution is -2.52. The molecule has 0 bridgehead atoms. The molecule has 0 aromatic rings. The van der Waals surface area contributed by atoms with Gasteiger partial charge in [0.25, 0.3) is 0 Å². The van der Waals surface area contributed by atoms with Gasteiger partial charge in [-0.2, -0.15) is 0 Å². The van der Waals surface area contributed by atoms with Gasteiger partial charge in [0.2, 0.25) is 0 Å². The van der Waals surface area contributed by atoms with Crippen molar-refractivity contribution in [2.24, 2.45) is 11.3 Å². The molecule has 2 fully saturated rings. The summed E-state index contributed by atoms with van der Waals surface area (Å²) in [6.07, 6.45) is 9.05. The summed E-state index contributed by atoms with van der Waals surface area (Å²) in [5.41, 5.74) is -0.268. The fourth-order valence-corrected chi connectivity index (χ4v) is 4.22. The van der Waals surface area contributed by atoms with Gasteiger partial charge in [0.15, 0.2) is 0 Å². The van der Waals surface area contributed by atoms with Gasteiger partial charge in [-0.25, -0.2) is 4.79 Å². The van der Waals surface area contributed by atoms with Crippen molar-refractivity contribution < 1.29 is 14.6 Å². The highest BCUT2D eigenvalue weighted by Gasteiger charge is 2.46. The maximum atomic E-state index is 12.4. The zero-order valence-electron chi connectivity index (χ0n) is 18.3. The average molecular weight is 383 g/mol. The Morgan fingerprint density at radius 1 is 1.19 bits per heavy atom. The van der Waals surface area contributed by atoms with Crippen LogP contribution in [0.3, 0.4) is 0 Å². The number of nitrogens with zero attached hydrogens (tertiary/aromatic N) is 1. The van der Waals surface area contributed by atoms with Gasteiger partial charge in [-0.3, -0.25) is 0 Å². The number of unbranched alkanes of at least 4 members (excludes halogenated alkanes) is 2. The number of hydrogen-bond donors (Lipinski definition) is 2. The van der Waals surface area contributed by atoms with Gasteiger partial charge >= 0.3 is 6.09 Å². The van der Waals surface area contributed by atoms with E-state index in [-0.39, 0.29) is 23.7 Å². The van der Waals surface area contributed by atoms with Gasteiger partial charge in [0, 0.05) is 25.2 Å². The van der Waals surface area contributed by atoms with Crippen LogP contribution in [0, 0.1) is 11.3 Å². The van der Waals surface area contributed by atoms with E-state index >= 15 is 0 Å². The minimum Gasteiger partial charge on any atom is -0.444 e. The van der Waals surface area contributed by atoms with Crippen molar-refractivity contribution in [2.45, 2.75) is 97.1 Å². The van der Waals surface area contributed by atoms with E-state index < -0.39 is 5.60 Å². The Bertz CT molecular complexity index is 474. The molecule has 1 heterocycles. The van der Waals surface area contributed by atoms with Crippen LogP contribution in [0.4, 0.5) is 4.79 Å². The summed E-state index contributed by atoms with van der Waals surface area (Å²) < 4.78 is 5.57. The highest BCUT2D eigenvalue weighted by atomic mass is 16.6. The fraction of sp³-hybridized carbons (Fsp3) is 0.955. The van der Waals surface area contributed by atoms with Crippen molar-refractivity contribution >= 4 is 6.09 Å². The number of carbonyl (C=O) groups excluding carboxylic acids is 1. The molecule has 27 heavy (non-hydrogen) atoms. The van der Waals surface area contributed by atoms with Gasteiger partial charge < -0.3 is 20.1 Å². The van der Waals surface area contributed by atoms with Crippen LogP contribution in [0.15, 0.2) is 0 Å². The predicted molar refractivity (Wildman–Crippen MR) is 110 cm³/mol. The average Bonchev–Trinajstić information content (AvgIpc) is 3.39. The van der Waals surface area contributed by atoms with Crippen molar-refractivity contribution in [3.05, 3.63) is 0 Å². The van der Waals surface area contributed by atoms with Crippen LogP contribution < -0.4 is 5.32 Å². The Morgan fingerprint density at radius 3 is 2.30 bits per heavy atom. The number of aliphatic hydroxyl groups excluding tert-OH is 1. The highest BCUT2D eigenvalue weighted by molar-refractivity contribution is 5.68. The first kappa shape index (κ1) is 22.5. The van der Waals surface area contributed by atoms with E-state index in [1.165, 1.54) is 25.7 Å². The zero-order valence-corrected chi connectivity index (χ0v) is 18.3. The van der Waals surface area contributed by atoms with Crippen LogP contribution in [-0.2, 0) is 4.74 Å². The number of carbonyl (C=O) groups is 1. The Hall–Kier alpha value is -0.810. The molecule has 1 atom stereocenters. The van der Waals surface area contributed by atoms with Crippen LogP contribution in [0.5, 0.6) is 0 Å². The van der Waals surface area contributed by atoms with Crippen molar-refractivity contribution in [3.63, 3.8) is 0 Å². The van der Waals surface area contributed by atoms with Gasteiger partial charge in [-0.1, -0.05) is 39.5 Å². The quantitative estimate of drug-likeness (QED) is 0.583. The molecular weight excluding hydrogens is 340 g/mol. The van der Waals surface area contributed by atoms with Crippen molar-refractivity contribution in [1.29, 1.82) is 0 Å². The summed E-state index contributed by atoms with van der Waals surface area (Å²) >= 11 is 0. The normalized spacial score (nSPS) is 22.4. The maximum Gasteiger partial charge on any atom is 0.410 e.